The number of carbonyl (C=O) groups is 2. The topological polar surface area (TPSA) is 40.6 Å². The van der Waals surface area contributed by atoms with Crippen LogP contribution in [0.4, 0.5) is 0 Å². The van der Waals surface area contributed by atoms with Gasteiger partial charge in [-0.15, -0.1) is 11.3 Å². The lowest BCUT2D eigenvalue weighted by Crippen LogP contribution is -2.51. The standard InChI is InChI=1S/C15H21ClN2O2S/c1-11(2)9-14(19)17-5-7-18(8-6-17)15(20)10-12-3-4-13(16)21-12/h3-4,11H,5-10H2,1-2H3. The van der Waals surface area contributed by atoms with E-state index in [1.54, 1.807) is 0 Å². The highest BCUT2D eigenvalue weighted by atomic mass is 35.5. The molecule has 1 aliphatic rings. The number of hydrogen-bond donors (Lipinski definition) is 0. The monoisotopic (exact) mass is 328 g/mol. The summed E-state index contributed by atoms with van der Waals surface area (Å²) in [6, 6.07) is 3.71. The molecule has 21 heavy (non-hydrogen) atoms. The zero-order valence-corrected chi connectivity index (χ0v) is 14.0. The summed E-state index contributed by atoms with van der Waals surface area (Å²) in [7, 11) is 0. The van der Waals surface area contributed by atoms with Crippen LogP contribution in [0.2, 0.25) is 4.34 Å². The van der Waals surface area contributed by atoms with Crippen LogP contribution in [0.3, 0.4) is 0 Å². The van der Waals surface area contributed by atoms with Gasteiger partial charge in [-0.25, -0.2) is 0 Å². The van der Waals surface area contributed by atoms with E-state index in [2.05, 4.69) is 0 Å². The molecule has 0 bridgehead atoms. The molecule has 0 atom stereocenters. The lowest BCUT2D eigenvalue weighted by molar-refractivity contribution is -0.139. The average molecular weight is 329 g/mol. The maximum Gasteiger partial charge on any atom is 0.227 e. The second kappa shape index (κ2) is 7.27. The van der Waals surface area contributed by atoms with Crippen LogP contribution in [0.15, 0.2) is 12.1 Å². The van der Waals surface area contributed by atoms with Crippen LogP contribution in [0, 0.1) is 5.92 Å². The van der Waals surface area contributed by atoms with Gasteiger partial charge in [0.25, 0.3) is 0 Å². The van der Waals surface area contributed by atoms with Gasteiger partial charge in [0.15, 0.2) is 0 Å². The Labute approximate surface area is 134 Å². The molecule has 2 rings (SSSR count). The number of carbonyl (C=O) groups excluding carboxylic acids is 2. The third kappa shape index (κ3) is 4.71. The molecule has 0 radical (unpaired) electrons. The predicted octanol–water partition coefficient (Wildman–Crippen LogP) is 2.66. The summed E-state index contributed by atoms with van der Waals surface area (Å²) in [5.74, 6) is 0.687. The fourth-order valence-corrected chi connectivity index (χ4v) is 3.47. The lowest BCUT2D eigenvalue weighted by Gasteiger charge is -2.35. The molecular weight excluding hydrogens is 308 g/mol. The van der Waals surface area contributed by atoms with E-state index in [4.69, 9.17) is 11.6 Å². The number of hydrogen-bond acceptors (Lipinski definition) is 3. The molecule has 2 heterocycles. The smallest absolute Gasteiger partial charge is 0.227 e. The van der Waals surface area contributed by atoms with Gasteiger partial charge in [0.1, 0.15) is 0 Å². The number of nitrogens with zero attached hydrogens (tertiary/aromatic N) is 2. The summed E-state index contributed by atoms with van der Waals surface area (Å²) in [6.07, 6.45) is 0.985. The zero-order valence-electron chi connectivity index (χ0n) is 12.5. The van der Waals surface area contributed by atoms with E-state index in [1.165, 1.54) is 11.3 Å². The van der Waals surface area contributed by atoms with E-state index in [0.717, 1.165) is 4.88 Å². The Morgan fingerprint density at radius 3 is 2.19 bits per heavy atom. The predicted molar refractivity (Wildman–Crippen MR) is 85.6 cm³/mol. The van der Waals surface area contributed by atoms with Gasteiger partial charge in [0, 0.05) is 37.5 Å². The molecule has 6 heteroatoms. The van der Waals surface area contributed by atoms with Crippen molar-refractivity contribution in [3.8, 4) is 0 Å². The minimum atomic E-state index is 0.115. The van der Waals surface area contributed by atoms with Crippen molar-refractivity contribution in [2.45, 2.75) is 26.7 Å². The lowest BCUT2D eigenvalue weighted by atomic mass is 10.1. The molecule has 116 valence electrons. The number of halogens is 1. The van der Waals surface area contributed by atoms with E-state index in [-0.39, 0.29) is 11.8 Å². The fraction of sp³-hybridized carbons (Fsp3) is 0.600. The highest BCUT2D eigenvalue weighted by Gasteiger charge is 2.24. The van der Waals surface area contributed by atoms with Crippen molar-refractivity contribution in [3.05, 3.63) is 21.3 Å². The van der Waals surface area contributed by atoms with Gasteiger partial charge in [0.05, 0.1) is 10.8 Å². The van der Waals surface area contributed by atoms with Crippen molar-refractivity contribution in [2.75, 3.05) is 26.2 Å². The molecule has 0 unspecified atom stereocenters. The Balaban J connectivity index is 1.80. The van der Waals surface area contributed by atoms with Crippen LogP contribution in [-0.2, 0) is 16.0 Å². The Morgan fingerprint density at radius 1 is 1.14 bits per heavy atom. The first kappa shape index (κ1) is 16.3. The van der Waals surface area contributed by atoms with Crippen molar-refractivity contribution in [1.29, 1.82) is 0 Å². The van der Waals surface area contributed by atoms with Gasteiger partial charge in [0.2, 0.25) is 11.8 Å². The number of amides is 2. The molecule has 1 fully saturated rings. The third-order valence-electron chi connectivity index (χ3n) is 3.52. The van der Waals surface area contributed by atoms with E-state index in [0.29, 0.717) is 49.3 Å². The molecule has 0 N–H and O–H groups in total. The largest absolute Gasteiger partial charge is 0.339 e. The maximum absolute atomic E-state index is 12.2. The number of thiophene rings is 1. The van der Waals surface area contributed by atoms with Gasteiger partial charge >= 0.3 is 0 Å². The zero-order chi connectivity index (χ0) is 15.4. The van der Waals surface area contributed by atoms with Crippen LogP contribution in [0.1, 0.15) is 25.1 Å². The molecule has 1 aromatic rings. The molecule has 1 saturated heterocycles. The molecule has 0 spiro atoms. The minimum Gasteiger partial charge on any atom is -0.339 e. The van der Waals surface area contributed by atoms with Gasteiger partial charge in [-0.2, -0.15) is 0 Å². The fourth-order valence-electron chi connectivity index (χ4n) is 2.39. The van der Waals surface area contributed by atoms with Gasteiger partial charge in [-0.1, -0.05) is 25.4 Å². The third-order valence-corrected chi connectivity index (χ3v) is 4.75. The number of piperazine rings is 1. The summed E-state index contributed by atoms with van der Waals surface area (Å²) < 4.78 is 0.710. The average Bonchev–Trinajstić information content (AvgIpc) is 2.83. The SMILES string of the molecule is CC(C)CC(=O)N1CCN(C(=O)Cc2ccc(Cl)s2)CC1. The molecule has 0 saturated carbocycles. The van der Waals surface area contributed by atoms with Crippen molar-refractivity contribution in [2.24, 2.45) is 5.92 Å². The van der Waals surface area contributed by atoms with Crippen LogP contribution in [0.25, 0.3) is 0 Å². The Bertz CT molecular complexity index is 508. The molecule has 4 nitrogen and oxygen atoms in total. The summed E-state index contributed by atoms with van der Waals surface area (Å²) >= 11 is 7.32. The maximum atomic E-state index is 12.2. The molecular formula is C15H21ClN2O2S. The van der Waals surface area contributed by atoms with E-state index < -0.39 is 0 Å². The van der Waals surface area contributed by atoms with Crippen LogP contribution < -0.4 is 0 Å². The second-order valence-corrected chi connectivity index (χ2v) is 7.54. The minimum absolute atomic E-state index is 0.115. The van der Waals surface area contributed by atoms with Crippen molar-refractivity contribution in [3.63, 3.8) is 0 Å². The Morgan fingerprint density at radius 2 is 1.71 bits per heavy atom. The van der Waals surface area contributed by atoms with Gasteiger partial charge < -0.3 is 9.80 Å². The molecule has 1 aromatic heterocycles. The van der Waals surface area contributed by atoms with Gasteiger partial charge in [-0.3, -0.25) is 9.59 Å². The molecule has 0 aliphatic carbocycles. The van der Waals surface area contributed by atoms with Crippen LogP contribution in [0.5, 0.6) is 0 Å². The van der Waals surface area contributed by atoms with Gasteiger partial charge in [-0.05, 0) is 18.1 Å². The summed E-state index contributed by atoms with van der Waals surface area (Å²) in [6.45, 7) is 6.63. The summed E-state index contributed by atoms with van der Waals surface area (Å²) in [4.78, 5) is 28.9. The summed E-state index contributed by atoms with van der Waals surface area (Å²) in [5.41, 5.74) is 0. The highest BCUT2D eigenvalue weighted by molar-refractivity contribution is 7.16. The van der Waals surface area contributed by atoms with E-state index in [9.17, 15) is 9.59 Å². The van der Waals surface area contributed by atoms with Crippen molar-refractivity contribution >= 4 is 34.8 Å². The Kier molecular flexibility index (Phi) is 5.65. The highest BCUT2D eigenvalue weighted by Crippen LogP contribution is 2.22. The number of rotatable bonds is 4. The molecule has 2 amide bonds. The first-order valence-corrected chi connectivity index (χ1v) is 8.45. The van der Waals surface area contributed by atoms with Crippen molar-refractivity contribution < 1.29 is 9.59 Å². The van der Waals surface area contributed by atoms with Crippen molar-refractivity contribution in [1.82, 2.24) is 9.80 Å². The quantitative estimate of drug-likeness (QED) is 0.852. The first-order valence-electron chi connectivity index (χ1n) is 7.25. The van der Waals surface area contributed by atoms with Crippen LogP contribution >= 0.6 is 22.9 Å². The second-order valence-electron chi connectivity index (χ2n) is 5.74. The summed E-state index contributed by atoms with van der Waals surface area (Å²) in [5, 5.41) is 0. The first-order chi connectivity index (χ1) is 9.95. The Hall–Kier alpha value is -1.07. The molecule has 0 aromatic carbocycles. The van der Waals surface area contributed by atoms with Crippen LogP contribution in [-0.4, -0.2) is 47.8 Å². The van der Waals surface area contributed by atoms with E-state index >= 15 is 0 Å². The molecule has 1 aliphatic heterocycles. The normalized spacial score (nSPS) is 15.6. The van der Waals surface area contributed by atoms with E-state index in [1.807, 2.05) is 35.8 Å².